The van der Waals surface area contributed by atoms with Crippen molar-refractivity contribution >= 4 is 12.0 Å². The summed E-state index contributed by atoms with van der Waals surface area (Å²) in [4.78, 5) is 11.9. The van der Waals surface area contributed by atoms with Crippen molar-refractivity contribution in [2.75, 3.05) is 13.2 Å². The first-order chi connectivity index (χ1) is 9.74. The molecule has 0 aromatic heterocycles. The Kier molecular flexibility index (Phi) is 5.12. The second-order valence-corrected chi connectivity index (χ2v) is 4.77. The Morgan fingerprint density at radius 1 is 1.60 bits per heavy atom. The molecule has 1 saturated heterocycles. The van der Waals surface area contributed by atoms with Crippen LogP contribution in [-0.2, 0) is 14.3 Å². The summed E-state index contributed by atoms with van der Waals surface area (Å²) in [6.45, 7) is 3.31. The molecule has 0 bridgehead atoms. The van der Waals surface area contributed by atoms with Crippen LogP contribution in [0.2, 0.25) is 0 Å². The van der Waals surface area contributed by atoms with Gasteiger partial charge in [-0.15, -0.1) is 0 Å². The molecule has 0 aromatic carbocycles. The van der Waals surface area contributed by atoms with Crippen molar-refractivity contribution in [3.63, 3.8) is 0 Å². The first-order valence-electron chi connectivity index (χ1n) is 6.91. The highest BCUT2D eigenvalue weighted by molar-refractivity contribution is 6.13. The first kappa shape index (κ1) is 14.5. The lowest BCUT2D eigenvalue weighted by molar-refractivity contribution is -0.115. The molecule has 2 aliphatic heterocycles. The van der Waals surface area contributed by atoms with E-state index < -0.39 is 0 Å². The van der Waals surface area contributed by atoms with E-state index in [-0.39, 0.29) is 11.9 Å². The van der Waals surface area contributed by atoms with Gasteiger partial charge in [-0.05, 0) is 18.6 Å². The molecule has 0 aromatic rings. The van der Waals surface area contributed by atoms with Crippen LogP contribution >= 0.6 is 0 Å². The van der Waals surface area contributed by atoms with Crippen LogP contribution in [0, 0.1) is 5.41 Å². The predicted octanol–water partition coefficient (Wildman–Crippen LogP) is 2.07. The number of hydrogen-bond acceptors (Lipinski definition) is 5. The number of dihydropyridines is 1. The number of ether oxygens (including phenoxy) is 2. The zero-order valence-corrected chi connectivity index (χ0v) is 11.6. The highest BCUT2D eigenvalue weighted by atomic mass is 16.5. The minimum Gasteiger partial charge on any atom is -0.486 e. The summed E-state index contributed by atoms with van der Waals surface area (Å²) in [6, 6.07) is 0. The lowest BCUT2D eigenvalue weighted by atomic mass is 10.0. The Morgan fingerprint density at radius 3 is 3.00 bits per heavy atom. The van der Waals surface area contributed by atoms with Crippen LogP contribution in [0.15, 0.2) is 35.4 Å². The molecular formula is C15H20N2O3. The number of carbonyl (C=O) groups excluding carboxylic acids is 1. The Morgan fingerprint density at radius 2 is 2.45 bits per heavy atom. The van der Waals surface area contributed by atoms with Gasteiger partial charge in [0.05, 0.1) is 24.5 Å². The molecule has 0 radical (unpaired) electrons. The van der Waals surface area contributed by atoms with E-state index in [0.29, 0.717) is 24.3 Å². The van der Waals surface area contributed by atoms with Crippen LogP contribution in [0.3, 0.4) is 0 Å². The van der Waals surface area contributed by atoms with Gasteiger partial charge in [0.25, 0.3) is 0 Å². The lowest BCUT2D eigenvalue weighted by Gasteiger charge is -2.17. The topological polar surface area (TPSA) is 71.4 Å². The maximum Gasteiger partial charge on any atom is 0.166 e. The third-order valence-corrected chi connectivity index (χ3v) is 3.19. The predicted molar refractivity (Wildman–Crippen MR) is 76.4 cm³/mol. The van der Waals surface area contributed by atoms with Gasteiger partial charge in [-0.2, -0.15) is 0 Å². The average molecular weight is 276 g/mol. The Bertz CT molecular complexity index is 472. The third-order valence-electron chi connectivity index (χ3n) is 3.19. The van der Waals surface area contributed by atoms with Gasteiger partial charge in [-0.3, -0.25) is 4.79 Å². The van der Waals surface area contributed by atoms with Crippen LogP contribution in [0.5, 0.6) is 0 Å². The fraction of sp³-hybridized carbons (Fsp3) is 0.467. The van der Waals surface area contributed by atoms with E-state index in [1.54, 1.807) is 12.3 Å². The summed E-state index contributed by atoms with van der Waals surface area (Å²) < 4.78 is 11.0. The van der Waals surface area contributed by atoms with E-state index in [1.165, 1.54) is 0 Å². The molecule has 5 heteroatoms. The van der Waals surface area contributed by atoms with Gasteiger partial charge in [0.15, 0.2) is 5.78 Å². The average Bonchev–Trinajstić information content (AvgIpc) is 2.95. The lowest BCUT2D eigenvalue weighted by Crippen LogP contribution is -2.19. The zero-order chi connectivity index (χ0) is 14.4. The number of ketones is 1. The standard InChI is InChI=1S/C15H20N2O3/c1-2-3-15(18)13(8-16)14-5-4-11(9-17-14)20-12-6-7-19-10-12/h4-5,8-9,12,16-17H,2-3,6-7,10H2,1H3/b14-13+,16-8?. The van der Waals surface area contributed by atoms with E-state index >= 15 is 0 Å². The Hall–Kier alpha value is -1.88. The number of Topliss-reactive ketones (excluding diaryl/α,β-unsaturated/α-hetero) is 1. The van der Waals surface area contributed by atoms with E-state index in [1.807, 2.05) is 13.0 Å². The number of rotatable bonds is 6. The van der Waals surface area contributed by atoms with Crippen molar-refractivity contribution in [2.24, 2.45) is 0 Å². The molecule has 1 fully saturated rings. The van der Waals surface area contributed by atoms with Crippen LogP contribution in [0.25, 0.3) is 0 Å². The zero-order valence-electron chi connectivity index (χ0n) is 11.6. The van der Waals surface area contributed by atoms with Crippen molar-refractivity contribution in [2.45, 2.75) is 32.3 Å². The normalized spacial score (nSPS) is 23.9. The van der Waals surface area contributed by atoms with E-state index in [2.05, 4.69) is 5.32 Å². The van der Waals surface area contributed by atoms with E-state index in [4.69, 9.17) is 14.9 Å². The second kappa shape index (κ2) is 7.05. The van der Waals surface area contributed by atoms with Gasteiger partial charge in [0.1, 0.15) is 11.9 Å². The molecule has 1 unspecified atom stereocenters. The van der Waals surface area contributed by atoms with Gasteiger partial charge >= 0.3 is 0 Å². The van der Waals surface area contributed by atoms with Crippen LogP contribution in [0.4, 0.5) is 0 Å². The number of carbonyl (C=O) groups is 1. The molecule has 0 spiro atoms. The summed E-state index contributed by atoms with van der Waals surface area (Å²) >= 11 is 0. The minimum absolute atomic E-state index is 0.0170. The molecule has 2 heterocycles. The van der Waals surface area contributed by atoms with Gasteiger partial charge in [0.2, 0.25) is 0 Å². The first-order valence-corrected chi connectivity index (χ1v) is 6.91. The SMILES string of the molecule is CCCC(=O)/C(C=N)=C1\C=CC(OC2CCOC2)=CN1. The summed E-state index contributed by atoms with van der Waals surface area (Å²) in [6.07, 6.45) is 8.64. The van der Waals surface area contributed by atoms with Crippen LogP contribution in [0.1, 0.15) is 26.2 Å². The van der Waals surface area contributed by atoms with Gasteiger partial charge < -0.3 is 20.2 Å². The van der Waals surface area contributed by atoms with Gasteiger partial charge in [-0.25, -0.2) is 0 Å². The van der Waals surface area contributed by atoms with Crippen molar-refractivity contribution in [3.05, 3.63) is 35.4 Å². The summed E-state index contributed by atoms with van der Waals surface area (Å²) in [7, 11) is 0. The molecule has 2 aliphatic rings. The van der Waals surface area contributed by atoms with Crippen molar-refractivity contribution < 1.29 is 14.3 Å². The quantitative estimate of drug-likeness (QED) is 0.575. The van der Waals surface area contributed by atoms with E-state index in [9.17, 15) is 4.79 Å². The molecule has 0 saturated carbocycles. The van der Waals surface area contributed by atoms with Crippen molar-refractivity contribution in [1.82, 2.24) is 5.32 Å². The molecule has 0 aliphatic carbocycles. The molecule has 5 nitrogen and oxygen atoms in total. The van der Waals surface area contributed by atoms with Gasteiger partial charge in [0, 0.05) is 25.3 Å². The summed E-state index contributed by atoms with van der Waals surface area (Å²) in [5.41, 5.74) is 1.05. The second-order valence-electron chi connectivity index (χ2n) is 4.77. The molecule has 108 valence electrons. The molecule has 20 heavy (non-hydrogen) atoms. The van der Waals surface area contributed by atoms with Crippen molar-refractivity contribution in [1.29, 1.82) is 5.41 Å². The van der Waals surface area contributed by atoms with E-state index in [0.717, 1.165) is 31.4 Å². The Balaban J connectivity index is 2.00. The number of nitrogens with one attached hydrogen (secondary N) is 2. The number of hydrogen-bond donors (Lipinski definition) is 2. The maximum absolute atomic E-state index is 11.9. The fourth-order valence-corrected chi connectivity index (χ4v) is 2.12. The highest BCUT2D eigenvalue weighted by Crippen LogP contribution is 2.17. The van der Waals surface area contributed by atoms with Crippen LogP contribution < -0.4 is 5.32 Å². The maximum atomic E-state index is 11.9. The summed E-state index contributed by atoms with van der Waals surface area (Å²) in [5, 5.41) is 10.4. The van der Waals surface area contributed by atoms with Gasteiger partial charge in [-0.1, -0.05) is 6.92 Å². The smallest absolute Gasteiger partial charge is 0.166 e. The molecule has 2 N–H and O–H groups in total. The molecular weight excluding hydrogens is 256 g/mol. The number of allylic oxidation sites excluding steroid dienone is 3. The summed E-state index contributed by atoms with van der Waals surface area (Å²) in [5.74, 6) is 0.702. The van der Waals surface area contributed by atoms with Crippen LogP contribution in [-0.4, -0.2) is 31.3 Å². The fourth-order valence-electron chi connectivity index (χ4n) is 2.12. The molecule has 1 atom stereocenters. The third kappa shape index (κ3) is 3.57. The highest BCUT2D eigenvalue weighted by Gasteiger charge is 2.19. The monoisotopic (exact) mass is 276 g/mol. The minimum atomic E-state index is -0.0170. The molecule has 0 amide bonds. The Labute approximate surface area is 118 Å². The largest absolute Gasteiger partial charge is 0.486 e. The molecule has 2 rings (SSSR count). The van der Waals surface area contributed by atoms with Crippen molar-refractivity contribution in [3.8, 4) is 0 Å².